The summed E-state index contributed by atoms with van der Waals surface area (Å²) < 4.78 is 43.0. The fourth-order valence-corrected chi connectivity index (χ4v) is 15.4. The maximum absolute atomic E-state index is 15.1. The molecule has 14 aromatic carbocycles. The zero-order valence-electron chi connectivity index (χ0n) is 56.1. The van der Waals surface area contributed by atoms with Gasteiger partial charge >= 0.3 is 0 Å². The fraction of sp³-hybridized carbons (Fsp3) is 0.0638. The third kappa shape index (κ3) is 10.9. The van der Waals surface area contributed by atoms with E-state index >= 15 is 8.78 Å². The number of hydrogen-bond acceptors (Lipinski definition) is 4. The van der Waals surface area contributed by atoms with Crippen LogP contribution in [0.3, 0.4) is 0 Å². The van der Waals surface area contributed by atoms with E-state index in [-0.39, 0.29) is 11.6 Å². The third-order valence-electron chi connectivity index (χ3n) is 20.2. The van der Waals surface area contributed by atoms with Crippen LogP contribution in [0, 0.1) is 39.3 Å². The quantitative estimate of drug-likeness (QED) is 0.0907. The molecule has 0 heterocycles. The van der Waals surface area contributed by atoms with Gasteiger partial charge in [0.15, 0.2) is 0 Å². The molecule has 4 nitrogen and oxygen atoms in total. The molecule has 0 amide bonds. The standard InChI is InChI=1S/C94H70F2N2O2/c1-7-65-21-47-79(48-22-65)99-81-51-29-69(30-52-81)93(89-57-61(3)17-19-63(89)5)87-15-11-9-13-83(87)85-55-45-77(59-91(85)93)97(75-41-33-71(95)34-42-75)73-37-25-67(26-38-73)68-27-39-74(40-28-68)98(76-43-35-72(96)36-44-76)78-46-56-86-84-14-10-12-16-88(84)94(92(86)60-78,90-58-62(4)18-20-64(90)6)70-31-53-82(54-32-70)100-80-49-23-66(8-2)24-50-80/h7-60H,1-2H2,3-6H3. The predicted octanol–water partition coefficient (Wildman–Crippen LogP) is 25.4. The number of benzene rings is 14. The summed E-state index contributed by atoms with van der Waals surface area (Å²) in [6.45, 7) is 16.6. The summed E-state index contributed by atoms with van der Waals surface area (Å²) in [7, 11) is 0. The summed E-state index contributed by atoms with van der Waals surface area (Å²) in [4.78, 5) is 4.44. The van der Waals surface area contributed by atoms with Crippen LogP contribution in [-0.2, 0) is 10.8 Å². The second kappa shape index (κ2) is 25.6. The first-order valence-electron chi connectivity index (χ1n) is 33.9. The molecule has 2 atom stereocenters. The van der Waals surface area contributed by atoms with Crippen molar-refractivity contribution in [3.63, 3.8) is 0 Å². The molecule has 2 aliphatic rings. The van der Waals surface area contributed by atoms with Crippen molar-refractivity contribution >= 4 is 46.3 Å². The van der Waals surface area contributed by atoms with Crippen molar-refractivity contribution in [2.45, 2.75) is 38.5 Å². The van der Waals surface area contributed by atoms with Crippen LogP contribution in [0.25, 0.3) is 45.5 Å². The number of halogens is 2. The van der Waals surface area contributed by atoms with Crippen LogP contribution in [0.4, 0.5) is 42.9 Å². The van der Waals surface area contributed by atoms with Gasteiger partial charge in [0, 0.05) is 34.1 Å². The first kappa shape index (κ1) is 62.4. The fourth-order valence-electron chi connectivity index (χ4n) is 15.4. The molecule has 2 unspecified atom stereocenters. The van der Waals surface area contributed by atoms with Crippen molar-refractivity contribution in [1.82, 2.24) is 0 Å². The molecule has 482 valence electrons. The van der Waals surface area contributed by atoms with E-state index in [1.807, 2.05) is 84.9 Å². The lowest BCUT2D eigenvalue weighted by Crippen LogP contribution is -2.30. The van der Waals surface area contributed by atoms with Crippen LogP contribution < -0.4 is 19.3 Å². The number of aryl methyl sites for hydroxylation is 4. The van der Waals surface area contributed by atoms with Crippen molar-refractivity contribution in [3.8, 4) is 56.4 Å². The normalized spacial score (nSPS) is 14.7. The first-order valence-corrected chi connectivity index (χ1v) is 33.9. The summed E-state index contributed by atoms with van der Waals surface area (Å²) in [6, 6.07) is 108. The zero-order valence-corrected chi connectivity index (χ0v) is 56.1. The summed E-state index contributed by atoms with van der Waals surface area (Å²) in [5.74, 6) is 2.33. The highest BCUT2D eigenvalue weighted by Gasteiger charge is 2.49. The van der Waals surface area contributed by atoms with E-state index < -0.39 is 10.8 Å². The smallest absolute Gasteiger partial charge is 0.127 e. The van der Waals surface area contributed by atoms with Gasteiger partial charge in [0.2, 0.25) is 0 Å². The molecule has 0 aromatic heterocycles. The highest BCUT2D eigenvalue weighted by molar-refractivity contribution is 5.92. The topological polar surface area (TPSA) is 24.9 Å². The molecule has 2 aliphatic carbocycles. The minimum atomic E-state index is -0.736. The third-order valence-corrected chi connectivity index (χ3v) is 20.2. The van der Waals surface area contributed by atoms with Crippen LogP contribution >= 0.6 is 0 Å². The van der Waals surface area contributed by atoms with Gasteiger partial charge in [-0.3, -0.25) is 0 Å². The van der Waals surface area contributed by atoms with Gasteiger partial charge in [-0.05, 0) is 273 Å². The lowest BCUT2D eigenvalue weighted by Gasteiger charge is -2.36. The van der Waals surface area contributed by atoms with E-state index in [1.54, 1.807) is 0 Å². The number of hydrogen-bond donors (Lipinski definition) is 0. The van der Waals surface area contributed by atoms with Crippen molar-refractivity contribution in [2.75, 3.05) is 9.80 Å². The molecular formula is C94H70F2N2O2. The zero-order chi connectivity index (χ0) is 68.2. The van der Waals surface area contributed by atoms with Crippen LogP contribution in [0.2, 0.25) is 0 Å². The maximum Gasteiger partial charge on any atom is 0.127 e. The van der Waals surface area contributed by atoms with E-state index in [0.717, 1.165) is 124 Å². The predicted molar refractivity (Wildman–Crippen MR) is 408 cm³/mol. The number of fused-ring (bicyclic) bond motifs is 6. The van der Waals surface area contributed by atoms with Gasteiger partial charge in [-0.2, -0.15) is 0 Å². The molecular weight excluding hydrogens is 1230 g/mol. The lowest BCUT2D eigenvalue weighted by atomic mass is 9.66. The molecule has 16 rings (SSSR count). The summed E-state index contributed by atoms with van der Waals surface area (Å²) in [5.41, 5.74) is 26.4. The van der Waals surface area contributed by atoms with Crippen molar-refractivity contribution in [2.24, 2.45) is 0 Å². The van der Waals surface area contributed by atoms with E-state index in [2.05, 4.69) is 269 Å². The number of ether oxygens (including phenoxy) is 2. The number of nitrogens with zero attached hydrogens (tertiary/aromatic N) is 2. The number of rotatable bonds is 17. The molecule has 0 bridgehead atoms. The van der Waals surface area contributed by atoms with Gasteiger partial charge in [-0.1, -0.05) is 206 Å². The Bertz CT molecular complexity index is 5090. The molecule has 0 N–H and O–H groups in total. The average Bonchev–Trinajstić information content (AvgIpc) is 1.53. The molecule has 0 aliphatic heterocycles. The van der Waals surface area contributed by atoms with Gasteiger partial charge in [-0.15, -0.1) is 0 Å². The summed E-state index contributed by atoms with van der Waals surface area (Å²) in [5, 5.41) is 0. The van der Waals surface area contributed by atoms with Gasteiger partial charge in [0.25, 0.3) is 0 Å². The molecule has 0 spiro atoms. The van der Waals surface area contributed by atoms with Crippen molar-refractivity contribution in [3.05, 3.63) is 418 Å². The highest BCUT2D eigenvalue weighted by Crippen LogP contribution is 2.60. The minimum Gasteiger partial charge on any atom is -0.457 e. The average molecular weight is 1300 g/mol. The highest BCUT2D eigenvalue weighted by atomic mass is 19.1. The molecule has 6 heteroatoms. The van der Waals surface area contributed by atoms with E-state index in [1.165, 1.54) is 68.8 Å². The van der Waals surface area contributed by atoms with E-state index in [4.69, 9.17) is 9.47 Å². The van der Waals surface area contributed by atoms with Crippen LogP contribution in [0.1, 0.15) is 77.9 Å². The van der Waals surface area contributed by atoms with Gasteiger partial charge in [0.05, 0.1) is 10.8 Å². The number of anilines is 6. The Morgan fingerprint density at radius 2 is 0.600 bits per heavy atom. The first-order chi connectivity index (χ1) is 48.9. The Labute approximate surface area is 584 Å². The van der Waals surface area contributed by atoms with Crippen LogP contribution in [-0.4, -0.2) is 0 Å². The minimum absolute atomic E-state index is 0.313. The monoisotopic (exact) mass is 1300 g/mol. The van der Waals surface area contributed by atoms with Gasteiger partial charge < -0.3 is 19.3 Å². The van der Waals surface area contributed by atoms with Gasteiger partial charge in [0.1, 0.15) is 34.6 Å². The van der Waals surface area contributed by atoms with Crippen molar-refractivity contribution < 1.29 is 18.3 Å². The second-order valence-electron chi connectivity index (χ2n) is 26.2. The maximum atomic E-state index is 15.1. The second-order valence-corrected chi connectivity index (χ2v) is 26.2. The van der Waals surface area contributed by atoms with Gasteiger partial charge in [-0.25, -0.2) is 8.78 Å². The lowest BCUT2D eigenvalue weighted by molar-refractivity contribution is 0.482. The Balaban J connectivity index is 0.774. The molecule has 0 saturated carbocycles. The van der Waals surface area contributed by atoms with Crippen LogP contribution in [0.5, 0.6) is 23.0 Å². The summed E-state index contributed by atoms with van der Waals surface area (Å²) in [6.07, 6.45) is 3.65. The van der Waals surface area contributed by atoms with E-state index in [9.17, 15) is 0 Å². The molecule has 100 heavy (non-hydrogen) atoms. The van der Waals surface area contributed by atoms with E-state index in [0.29, 0.717) is 0 Å². The Hall–Kier alpha value is -12.4. The largest absolute Gasteiger partial charge is 0.457 e. The van der Waals surface area contributed by atoms with Crippen molar-refractivity contribution in [1.29, 1.82) is 0 Å². The molecule has 0 fully saturated rings. The molecule has 0 radical (unpaired) electrons. The Kier molecular flexibility index (Phi) is 16.0. The molecule has 14 aromatic rings. The van der Waals surface area contributed by atoms with Crippen LogP contribution in [0.15, 0.2) is 329 Å². The Morgan fingerprint density at radius 1 is 0.290 bits per heavy atom. The Morgan fingerprint density at radius 3 is 0.950 bits per heavy atom. The molecule has 0 saturated heterocycles. The summed E-state index contributed by atoms with van der Waals surface area (Å²) >= 11 is 0. The SMILES string of the molecule is C=Cc1ccc(Oc2ccc(C3(c4cc(C)ccc4C)c4ccccc4-c4ccc(N(c5ccc(F)cc5)c5ccc(-c6ccc(N(c7ccc(F)cc7)c7ccc8c(c7)C(c7ccc(Oc9ccc(C=C)cc9)cc7)(c7cc(C)ccc7C)c7ccccc7-8)cc6)cc5)cc43)cc2)cc1.